The van der Waals surface area contributed by atoms with Gasteiger partial charge >= 0.3 is 0 Å². The largest absolute Gasteiger partial charge is 0.335 e. The summed E-state index contributed by atoms with van der Waals surface area (Å²) in [5.74, 6) is 0.201. The zero-order valence-corrected chi connectivity index (χ0v) is 10.7. The highest BCUT2D eigenvalue weighted by atomic mass is 35.5. The average Bonchev–Trinajstić information content (AvgIpc) is 2.65. The molecule has 0 bridgehead atoms. The van der Waals surface area contributed by atoms with Crippen LogP contribution in [0.2, 0.25) is 0 Å². The summed E-state index contributed by atoms with van der Waals surface area (Å²) in [6, 6.07) is 0. The van der Waals surface area contributed by atoms with E-state index in [1.165, 1.54) is 0 Å². The van der Waals surface area contributed by atoms with Crippen molar-refractivity contribution in [2.45, 2.75) is 13.3 Å². The zero-order chi connectivity index (χ0) is 11.3. The Morgan fingerprint density at radius 3 is 2.38 bits per heavy atom. The van der Waals surface area contributed by atoms with Gasteiger partial charge in [0.05, 0.1) is 5.41 Å². The van der Waals surface area contributed by atoms with E-state index in [0.717, 1.165) is 19.5 Å². The Hall–Kier alpha value is -0.800. The van der Waals surface area contributed by atoms with Gasteiger partial charge in [-0.3, -0.25) is 4.79 Å². The van der Waals surface area contributed by atoms with Gasteiger partial charge in [0.25, 0.3) is 0 Å². The van der Waals surface area contributed by atoms with Crippen LogP contribution in [0.3, 0.4) is 0 Å². The molecule has 0 spiro atoms. The molecule has 1 heterocycles. The normalized spacial score (nSPS) is 23.3. The predicted molar refractivity (Wildman–Crippen MR) is 69.8 cm³/mol. The van der Waals surface area contributed by atoms with Crippen molar-refractivity contribution >= 4 is 18.3 Å². The Morgan fingerprint density at radius 1 is 1.44 bits per heavy atom. The summed E-state index contributed by atoms with van der Waals surface area (Å²) in [5, 5.41) is 3.23. The van der Waals surface area contributed by atoms with Crippen LogP contribution >= 0.6 is 12.4 Å². The second-order valence-electron chi connectivity index (χ2n) is 4.27. The van der Waals surface area contributed by atoms with Crippen LogP contribution in [-0.4, -0.2) is 37.0 Å². The molecule has 1 aliphatic heterocycles. The first-order valence-corrected chi connectivity index (χ1v) is 5.36. The Bertz CT molecular complexity index is 250. The molecular formula is C12H21ClN2O. The smallest absolute Gasteiger partial charge is 0.230 e. The van der Waals surface area contributed by atoms with E-state index in [1.54, 1.807) is 17.1 Å². The number of hydrogen-bond acceptors (Lipinski definition) is 2. The van der Waals surface area contributed by atoms with Crippen molar-refractivity contribution in [1.29, 1.82) is 0 Å². The van der Waals surface area contributed by atoms with Gasteiger partial charge in [0.15, 0.2) is 0 Å². The van der Waals surface area contributed by atoms with Crippen molar-refractivity contribution in [2.24, 2.45) is 5.41 Å². The fourth-order valence-electron chi connectivity index (χ4n) is 1.93. The third kappa shape index (κ3) is 3.35. The first-order valence-electron chi connectivity index (χ1n) is 5.36. The van der Waals surface area contributed by atoms with Gasteiger partial charge < -0.3 is 10.2 Å². The van der Waals surface area contributed by atoms with Crippen molar-refractivity contribution in [3.8, 4) is 0 Å². The van der Waals surface area contributed by atoms with Crippen molar-refractivity contribution < 1.29 is 4.79 Å². The number of nitrogens with zero attached hydrogens (tertiary/aromatic N) is 1. The lowest BCUT2D eigenvalue weighted by Gasteiger charge is -2.29. The van der Waals surface area contributed by atoms with Crippen LogP contribution in [-0.2, 0) is 4.79 Å². The summed E-state index contributed by atoms with van der Waals surface area (Å²) < 4.78 is 0. The summed E-state index contributed by atoms with van der Waals surface area (Å²) in [6.07, 6.45) is 4.43. The summed E-state index contributed by atoms with van der Waals surface area (Å²) in [6.45, 7) is 12.3. The first-order chi connectivity index (χ1) is 7.14. The van der Waals surface area contributed by atoms with Crippen LogP contribution in [0.1, 0.15) is 13.3 Å². The maximum Gasteiger partial charge on any atom is 0.230 e. The molecule has 0 radical (unpaired) electrons. The summed E-state index contributed by atoms with van der Waals surface area (Å²) in [7, 11) is 0. The van der Waals surface area contributed by atoms with Gasteiger partial charge in [-0.2, -0.15) is 0 Å². The van der Waals surface area contributed by atoms with Crippen LogP contribution in [0.4, 0.5) is 0 Å². The second kappa shape index (κ2) is 6.71. The molecule has 0 aliphatic carbocycles. The van der Waals surface area contributed by atoms with Gasteiger partial charge in [0, 0.05) is 19.6 Å². The number of halogens is 1. The van der Waals surface area contributed by atoms with Crippen LogP contribution in [0.5, 0.6) is 0 Å². The number of carbonyl (C=O) groups excluding carboxylic acids is 1. The predicted octanol–water partition coefficient (Wildman–Crippen LogP) is 1.61. The third-order valence-electron chi connectivity index (χ3n) is 2.87. The maximum absolute atomic E-state index is 12.2. The minimum absolute atomic E-state index is 0. The van der Waals surface area contributed by atoms with Crippen molar-refractivity contribution in [3.05, 3.63) is 25.3 Å². The van der Waals surface area contributed by atoms with E-state index in [2.05, 4.69) is 18.5 Å². The number of rotatable bonds is 5. The highest BCUT2D eigenvalue weighted by Crippen LogP contribution is 2.27. The van der Waals surface area contributed by atoms with Crippen LogP contribution < -0.4 is 5.32 Å². The Balaban J connectivity index is 0.00000225. The number of nitrogens with one attached hydrogen (secondary N) is 1. The molecular weight excluding hydrogens is 224 g/mol. The highest BCUT2D eigenvalue weighted by molar-refractivity contribution is 5.85. The number of carbonyl (C=O) groups is 1. The molecule has 0 aromatic rings. The van der Waals surface area contributed by atoms with Gasteiger partial charge in [-0.1, -0.05) is 12.2 Å². The lowest BCUT2D eigenvalue weighted by atomic mass is 9.88. The van der Waals surface area contributed by atoms with E-state index in [-0.39, 0.29) is 23.7 Å². The van der Waals surface area contributed by atoms with Crippen LogP contribution in [0, 0.1) is 5.41 Å². The van der Waals surface area contributed by atoms with Gasteiger partial charge in [-0.25, -0.2) is 0 Å². The fraction of sp³-hybridized carbons (Fsp3) is 0.583. The monoisotopic (exact) mass is 244 g/mol. The molecule has 1 unspecified atom stereocenters. The standard InChI is InChI=1S/C12H20N2O.ClH/c1-4-8-14(9-5-2)11(15)12(3)6-7-13-10-12;/h4-5,13H,1-2,6-10H2,3H3;1H. The Morgan fingerprint density at radius 2 is 2.00 bits per heavy atom. The molecule has 1 atom stereocenters. The summed E-state index contributed by atoms with van der Waals surface area (Å²) in [5.41, 5.74) is -0.244. The molecule has 0 saturated carbocycles. The van der Waals surface area contributed by atoms with Crippen LogP contribution in [0.25, 0.3) is 0 Å². The van der Waals surface area contributed by atoms with E-state index in [0.29, 0.717) is 13.1 Å². The molecule has 16 heavy (non-hydrogen) atoms. The molecule has 1 saturated heterocycles. The second-order valence-corrected chi connectivity index (χ2v) is 4.27. The summed E-state index contributed by atoms with van der Waals surface area (Å²) >= 11 is 0. The van der Waals surface area contributed by atoms with Crippen molar-refractivity contribution in [1.82, 2.24) is 10.2 Å². The van der Waals surface area contributed by atoms with Gasteiger partial charge in [-0.05, 0) is 19.9 Å². The molecule has 4 heteroatoms. The SMILES string of the molecule is C=CCN(CC=C)C(=O)C1(C)CCNC1.Cl. The topological polar surface area (TPSA) is 32.3 Å². The van der Waals surface area contributed by atoms with Gasteiger partial charge in [0.1, 0.15) is 0 Å². The van der Waals surface area contributed by atoms with E-state index >= 15 is 0 Å². The summed E-state index contributed by atoms with van der Waals surface area (Å²) in [4.78, 5) is 14.0. The first kappa shape index (κ1) is 15.2. The fourth-order valence-corrected chi connectivity index (χ4v) is 1.93. The van der Waals surface area contributed by atoms with Crippen LogP contribution in [0.15, 0.2) is 25.3 Å². The van der Waals surface area contributed by atoms with E-state index in [4.69, 9.17) is 0 Å². The Kier molecular flexibility index (Phi) is 6.38. The molecule has 1 rings (SSSR count). The molecule has 92 valence electrons. The molecule has 0 aromatic carbocycles. The number of hydrogen-bond donors (Lipinski definition) is 1. The molecule has 1 aliphatic rings. The molecule has 1 N–H and O–H groups in total. The van der Waals surface area contributed by atoms with Crippen molar-refractivity contribution in [3.63, 3.8) is 0 Å². The minimum Gasteiger partial charge on any atom is -0.335 e. The van der Waals surface area contributed by atoms with E-state index < -0.39 is 0 Å². The third-order valence-corrected chi connectivity index (χ3v) is 2.87. The minimum atomic E-state index is -0.244. The van der Waals surface area contributed by atoms with Crippen molar-refractivity contribution in [2.75, 3.05) is 26.2 Å². The number of amides is 1. The molecule has 1 amide bonds. The molecule has 0 aromatic heterocycles. The quantitative estimate of drug-likeness (QED) is 0.746. The zero-order valence-electron chi connectivity index (χ0n) is 9.87. The lowest BCUT2D eigenvalue weighted by Crippen LogP contribution is -2.43. The van der Waals surface area contributed by atoms with E-state index in [1.807, 2.05) is 6.92 Å². The maximum atomic E-state index is 12.2. The average molecular weight is 245 g/mol. The van der Waals surface area contributed by atoms with E-state index in [9.17, 15) is 4.79 Å². The van der Waals surface area contributed by atoms with Gasteiger partial charge in [-0.15, -0.1) is 25.6 Å². The molecule has 3 nitrogen and oxygen atoms in total. The van der Waals surface area contributed by atoms with Gasteiger partial charge in [0.2, 0.25) is 5.91 Å². The molecule has 1 fully saturated rings. The highest BCUT2D eigenvalue weighted by Gasteiger charge is 2.38. The lowest BCUT2D eigenvalue weighted by molar-refractivity contribution is -0.139. The Labute approximate surface area is 104 Å².